The molecule has 0 radical (unpaired) electrons. The van der Waals surface area contributed by atoms with E-state index in [0.717, 1.165) is 28.3 Å². The maximum Gasteiger partial charge on any atom is 0.229 e. The fourth-order valence-electron chi connectivity index (χ4n) is 4.39. The zero-order valence-corrected chi connectivity index (χ0v) is 18.0. The first kappa shape index (κ1) is 20.4. The monoisotopic (exact) mass is 421 g/mol. The second-order valence-corrected chi connectivity index (χ2v) is 8.52. The Morgan fingerprint density at radius 3 is 2.80 bits per heavy atom. The van der Waals surface area contributed by atoms with Gasteiger partial charge in [-0.2, -0.15) is 10.4 Å². The zero-order valence-electron chi connectivity index (χ0n) is 17.3. The normalized spacial score (nSPS) is 21.2. The second-order valence-electron chi connectivity index (χ2n) is 8.11. The minimum atomic E-state index is -0.0619. The molecule has 1 aliphatic carbocycles. The van der Waals surface area contributed by atoms with E-state index in [1.54, 1.807) is 10.9 Å². The molecule has 0 spiro atoms. The summed E-state index contributed by atoms with van der Waals surface area (Å²) < 4.78 is 1.77. The Morgan fingerprint density at radius 2 is 2.13 bits per heavy atom. The number of halogens is 1. The summed E-state index contributed by atoms with van der Waals surface area (Å²) in [5.41, 5.74) is 2.04. The Morgan fingerprint density at radius 1 is 1.33 bits per heavy atom. The molecule has 4 atom stereocenters. The fourth-order valence-corrected chi connectivity index (χ4v) is 4.75. The quantitative estimate of drug-likeness (QED) is 0.605. The van der Waals surface area contributed by atoms with Crippen molar-refractivity contribution in [3.8, 4) is 6.07 Å². The van der Waals surface area contributed by atoms with Gasteiger partial charge in [0.1, 0.15) is 5.82 Å². The summed E-state index contributed by atoms with van der Waals surface area (Å²) in [6.07, 6.45) is 6.90. The number of carbonyl (C=O) groups is 1. The van der Waals surface area contributed by atoms with Gasteiger partial charge in [0.05, 0.1) is 12.3 Å². The predicted octanol–water partition coefficient (Wildman–Crippen LogP) is 5.02. The standard InChI is InChI=1S/C23H24ClN5O/c1-4-17-21(16-11-27-29(3)12-16)22(17)23(30)28-20-9-14-7-18(13(2)5-6-25)19(24)8-15(14)10-26-20/h7-13,17,21-22H,4-5H2,1-3H3,(H,26,28,30)/t13-,17+,21-,22-/m1/s1. The topological polar surface area (TPSA) is 83.6 Å². The van der Waals surface area contributed by atoms with E-state index in [4.69, 9.17) is 16.9 Å². The minimum absolute atomic E-state index is 0.00501. The van der Waals surface area contributed by atoms with E-state index in [2.05, 4.69) is 28.4 Å². The smallest absolute Gasteiger partial charge is 0.229 e. The van der Waals surface area contributed by atoms with Crippen molar-refractivity contribution in [2.75, 3.05) is 5.32 Å². The van der Waals surface area contributed by atoms with Gasteiger partial charge in [-0.05, 0) is 46.5 Å². The van der Waals surface area contributed by atoms with Crippen molar-refractivity contribution in [3.63, 3.8) is 0 Å². The number of pyridine rings is 1. The highest BCUT2D eigenvalue weighted by atomic mass is 35.5. The average molecular weight is 422 g/mol. The van der Waals surface area contributed by atoms with Gasteiger partial charge in [0, 0.05) is 48.1 Å². The van der Waals surface area contributed by atoms with Crippen LogP contribution >= 0.6 is 11.6 Å². The number of aryl methyl sites for hydroxylation is 1. The average Bonchev–Trinajstić information content (AvgIpc) is 3.31. The molecule has 2 aromatic heterocycles. The van der Waals surface area contributed by atoms with Crippen LogP contribution in [0, 0.1) is 23.2 Å². The molecule has 0 saturated heterocycles. The maximum atomic E-state index is 12.9. The van der Waals surface area contributed by atoms with Crippen LogP contribution < -0.4 is 5.32 Å². The summed E-state index contributed by atoms with van der Waals surface area (Å²) in [5.74, 6) is 1.03. The van der Waals surface area contributed by atoms with Gasteiger partial charge >= 0.3 is 0 Å². The number of nitrogens with one attached hydrogen (secondary N) is 1. The molecule has 0 unspecified atom stereocenters. The number of fused-ring (bicyclic) bond motifs is 1. The molecule has 1 N–H and O–H groups in total. The molecular weight excluding hydrogens is 398 g/mol. The lowest BCUT2D eigenvalue weighted by molar-refractivity contribution is -0.117. The van der Waals surface area contributed by atoms with Crippen LogP contribution in [-0.4, -0.2) is 20.7 Å². The molecular formula is C23H24ClN5O. The molecule has 1 fully saturated rings. The lowest BCUT2D eigenvalue weighted by atomic mass is 9.96. The summed E-state index contributed by atoms with van der Waals surface area (Å²) in [4.78, 5) is 17.4. The maximum absolute atomic E-state index is 12.9. The third kappa shape index (κ3) is 3.78. The third-order valence-electron chi connectivity index (χ3n) is 6.07. The summed E-state index contributed by atoms with van der Waals surface area (Å²) in [6.45, 7) is 4.10. The first-order chi connectivity index (χ1) is 14.4. The van der Waals surface area contributed by atoms with Crippen molar-refractivity contribution in [2.24, 2.45) is 18.9 Å². The summed E-state index contributed by atoms with van der Waals surface area (Å²) in [6, 6.07) is 7.92. The van der Waals surface area contributed by atoms with Crippen LogP contribution in [0.25, 0.3) is 10.8 Å². The fraction of sp³-hybridized carbons (Fsp3) is 0.391. The van der Waals surface area contributed by atoms with Crippen LogP contribution in [-0.2, 0) is 11.8 Å². The second kappa shape index (κ2) is 8.08. The number of amides is 1. The molecule has 0 aliphatic heterocycles. The van der Waals surface area contributed by atoms with E-state index in [0.29, 0.717) is 23.2 Å². The van der Waals surface area contributed by atoms with Gasteiger partial charge in [-0.3, -0.25) is 9.48 Å². The van der Waals surface area contributed by atoms with Crippen LogP contribution in [0.1, 0.15) is 49.7 Å². The molecule has 6 nitrogen and oxygen atoms in total. The number of benzene rings is 1. The molecule has 7 heteroatoms. The van der Waals surface area contributed by atoms with Gasteiger partial charge < -0.3 is 5.32 Å². The molecule has 1 saturated carbocycles. The van der Waals surface area contributed by atoms with Crippen molar-refractivity contribution in [1.82, 2.24) is 14.8 Å². The number of anilines is 1. The number of nitriles is 1. The Hall–Kier alpha value is -2.91. The number of aromatic nitrogens is 3. The number of carbonyl (C=O) groups excluding carboxylic acids is 1. The number of hydrogen-bond acceptors (Lipinski definition) is 4. The first-order valence-electron chi connectivity index (χ1n) is 10.2. The van der Waals surface area contributed by atoms with Gasteiger partial charge in [0.15, 0.2) is 0 Å². The Kier molecular flexibility index (Phi) is 5.48. The molecule has 154 valence electrons. The lowest BCUT2D eigenvalue weighted by Gasteiger charge is -2.12. The van der Waals surface area contributed by atoms with Gasteiger partial charge in [-0.1, -0.05) is 31.9 Å². The van der Waals surface area contributed by atoms with Crippen molar-refractivity contribution in [2.45, 2.75) is 38.5 Å². The van der Waals surface area contributed by atoms with Crippen molar-refractivity contribution >= 4 is 34.1 Å². The number of nitrogens with zero attached hydrogens (tertiary/aromatic N) is 4. The van der Waals surface area contributed by atoms with Gasteiger partial charge in [0.2, 0.25) is 5.91 Å². The molecule has 1 amide bonds. The van der Waals surface area contributed by atoms with Crippen LogP contribution in [0.15, 0.2) is 36.8 Å². The van der Waals surface area contributed by atoms with E-state index in [1.807, 2.05) is 44.6 Å². The molecule has 1 aliphatic rings. The van der Waals surface area contributed by atoms with Crippen molar-refractivity contribution in [1.29, 1.82) is 5.26 Å². The Labute approximate surface area is 180 Å². The number of rotatable bonds is 6. The third-order valence-corrected chi connectivity index (χ3v) is 6.40. The molecule has 1 aromatic carbocycles. The van der Waals surface area contributed by atoms with Crippen LogP contribution in [0.4, 0.5) is 5.82 Å². The van der Waals surface area contributed by atoms with Crippen LogP contribution in [0.5, 0.6) is 0 Å². The van der Waals surface area contributed by atoms with E-state index in [9.17, 15) is 4.79 Å². The van der Waals surface area contributed by atoms with Gasteiger partial charge in [-0.25, -0.2) is 4.98 Å². The highest BCUT2D eigenvalue weighted by molar-refractivity contribution is 6.32. The molecule has 30 heavy (non-hydrogen) atoms. The molecule has 0 bridgehead atoms. The first-order valence-corrected chi connectivity index (χ1v) is 10.6. The summed E-state index contributed by atoms with van der Waals surface area (Å²) >= 11 is 6.40. The van der Waals surface area contributed by atoms with Crippen LogP contribution in [0.2, 0.25) is 5.02 Å². The minimum Gasteiger partial charge on any atom is -0.310 e. The van der Waals surface area contributed by atoms with Crippen LogP contribution in [0.3, 0.4) is 0 Å². The van der Waals surface area contributed by atoms with E-state index in [-0.39, 0.29) is 23.7 Å². The molecule has 2 heterocycles. The highest BCUT2D eigenvalue weighted by Crippen LogP contribution is 2.56. The highest BCUT2D eigenvalue weighted by Gasteiger charge is 2.54. The zero-order chi connectivity index (χ0) is 21.4. The summed E-state index contributed by atoms with van der Waals surface area (Å²) in [7, 11) is 1.89. The number of hydrogen-bond donors (Lipinski definition) is 1. The molecule has 3 aromatic rings. The van der Waals surface area contributed by atoms with E-state index in [1.165, 1.54) is 0 Å². The molecule has 4 rings (SSSR count). The van der Waals surface area contributed by atoms with Gasteiger partial charge in [0.25, 0.3) is 0 Å². The Bertz CT molecular complexity index is 1150. The Balaban J connectivity index is 1.55. The predicted molar refractivity (Wildman–Crippen MR) is 117 cm³/mol. The van der Waals surface area contributed by atoms with Crippen molar-refractivity contribution < 1.29 is 4.79 Å². The van der Waals surface area contributed by atoms with Crippen molar-refractivity contribution in [3.05, 3.63) is 52.9 Å². The van der Waals surface area contributed by atoms with E-state index >= 15 is 0 Å². The largest absolute Gasteiger partial charge is 0.310 e. The van der Waals surface area contributed by atoms with Gasteiger partial charge in [-0.15, -0.1) is 0 Å². The lowest BCUT2D eigenvalue weighted by Crippen LogP contribution is -2.16. The van der Waals surface area contributed by atoms with E-state index < -0.39 is 0 Å². The SMILES string of the molecule is CC[C@@H]1[C@@H](C(=O)Nc2cc3cc([C@H](C)CC#N)c(Cl)cc3cn2)[C@@H]1c1cnn(C)c1. The summed E-state index contributed by atoms with van der Waals surface area (Å²) in [5, 5.41) is 18.7.